The van der Waals surface area contributed by atoms with Crippen LogP contribution >= 0.6 is 11.6 Å². The molecule has 1 spiro atoms. The van der Waals surface area contributed by atoms with Crippen LogP contribution in [0.3, 0.4) is 0 Å². The molecule has 1 aliphatic heterocycles. The summed E-state index contributed by atoms with van der Waals surface area (Å²) in [6.45, 7) is 2.31. The van der Waals surface area contributed by atoms with Crippen LogP contribution in [0.4, 0.5) is 4.39 Å². The Morgan fingerprint density at radius 2 is 2.09 bits per heavy atom. The molecule has 0 bridgehead atoms. The van der Waals surface area contributed by atoms with Crippen molar-refractivity contribution >= 4 is 17.4 Å². The maximum atomic E-state index is 13.8. The van der Waals surface area contributed by atoms with Crippen LogP contribution in [0.15, 0.2) is 10.6 Å². The number of aromatic nitrogens is 3. The van der Waals surface area contributed by atoms with Gasteiger partial charge in [-0.3, -0.25) is 9.69 Å². The number of fused-ring (bicyclic) bond motifs is 2. The highest BCUT2D eigenvalue weighted by molar-refractivity contribution is 6.29. The zero-order valence-corrected chi connectivity index (χ0v) is 19.2. The highest BCUT2D eigenvalue weighted by atomic mass is 35.5. The number of likely N-dealkylation sites (N-methyl/N-ethyl adjacent to an activating group) is 1. The minimum Gasteiger partial charge on any atom is -0.473 e. The van der Waals surface area contributed by atoms with Crippen molar-refractivity contribution in [3.05, 3.63) is 22.5 Å². The fourth-order valence-electron chi connectivity index (χ4n) is 5.73. The van der Waals surface area contributed by atoms with E-state index in [2.05, 4.69) is 15.1 Å². The van der Waals surface area contributed by atoms with Crippen molar-refractivity contribution in [2.24, 2.45) is 0 Å². The zero-order valence-electron chi connectivity index (χ0n) is 18.4. The van der Waals surface area contributed by atoms with Crippen LogP contribution in [0.2, 0.25) is 5.15 Å². The second kappa shape index (κ2) is 8.37. The molecule has 3 heterocycles. The molecule has 0 aromatic carbocycles. The first-order valence-electron chi connectivity index (χ1n) is 11.5. The summed E-state index contributed by atoms with van der Waals surface area (Å²) in [5, 5.41) is 4.58. The first kappa shape index (κ1) is 21.8. The van der Waals surface area contributed by atoms with Crippen LogP contribution in [0, 0.1) is 0 Å². The van der Waals surface area contributed by atoms with E-state index in [4.69, 9.17) is 20.9 Å². The molecular weight excluding hydrogens is 435 g/mol. The van der Waals surface area contributed by atoms with Crippen molar-refractivity contribution in [3.8, 4) is 17.5 Å². The molecule has 2 aliphatic carbocycles. The molecule has 0 N–H and O–H groups in total. The van der Waals surface area contributed by atoms with Crippen molar-refractivity contribution in [1.82, 2.24) is 20.0 Å². The molecule has 9 heteroatoms. The van der Waals surface area contributed by atoms with E-state index in [0.717, 1.165) is 49.8 Å². The number of carbonyl (C=O) groups excluding carboxylic acids is 1. The van der Waals surface area contributed by atoms with Gasteiger partial charge in [0.15, 0.2) is 0 Å². The lowest BCUT2D eigenvalue weighted by atomic mass is 9.64. The summed E-state index contributed by atoms with van der Waals surface area (Å²) >= 11 is 6.29. The van der Waals surface area contributed by atoms with Crippen molar-refractivity contribution < 1.29 is 18.4 Å². The lowest BCUT2D eigenvalue weighted by molar-refractivity contribution is -0.127. The molecule has 0 radical (unpaired) electrons. The number of hydrogen-bond donors (Lipinski definition) is 0. The number of ether oxygens (including phenoxy) is 1. The van der Waals surface area contributed by atoms with Gasteiger partial charge in [0.1, 0.15) is 28.9 Å². The molecule has 172 valence electrons. The Morgan fingerprint density at radius 3 is 2.84 bits per heavy atom. The van der Waals surface area contributed by atoms with E-state index in [1.165, 1.54) is 0 Å². The zero-order chi connectivity index (χ0) is 22.5. The third-order valence-corrected chi connectivity index (χ3v) is 7.53. The predicted molar refractivity (Wildman–Crippen MR) is 117 cm³/mol. The van der Waals surface area contributed by atoms with Crippen LogP contribution in [0.25, 0.3) is 11.6 Å². The Morgan fingerprint density at radius 1 is 1.28 bits per heavy atom. The summed E-state index contributed by atoms with van der Waals surface area (Å²) in [5.41, 5.74) is 1.13. The first-order chi connectivity index (χ1) is 15.4. The van der Waals surface area contributed by atoms with Gasteiger partial charge in [-0.05, 0) is 52.5 Å². The molecule has 2 aromatic heterocycles. The van der Waals surface area contributed by atoms with E-state index in [0.29, 0.717) is 36.9 Å². The monoisotopic (exact) mass is 462 g/mol. The fraction of sp³-hybridized carbons (Fsp3) is 0.652. The van der Waals surface area contributed by atoms with Gasteiger partial charge in [0, 0.05) is 30.6 Å². The third-order valence-electron chi connectivity index (χ3n) is 7.34. The summed E-state index contributed by atoms with van der Waals surface area (Å²) in [6, 6.07) is 1.51. The second-order valence-electron chi connectivity index (χ2n) is 9.42. The highest BCUT2D eigenvalue weighted by Crippen LogP contribution is 2.47. The van der Waals surface area contributed by atoms with Crippen molar-refractivity contribution in [2.75, 3.05) is 13.6 Å². The van der Waals surface area contributed by atoms with E-state index in [-0.39, 0.29) is 23.1 Å². The van der Waals surface area contributed by atoms with Crippen LogP contribution in [-0.2, 0) is 16.6 Å². The number of rotatable bonds is 4. The number of nitrogens with zero attached hydrogens (tertiary/aromatic N) is 4. The van der Waals surface area contributed by atoms with Gasteiger partial charge in [0.05, 0.1) is 5.41 Å². The first-order valence-corrected chi connectivity index (χ1v) is 11.8. The topological polar surface area (TPSA) is 81.3 Å². The maximum Gasteiger partial charge on any atom is 0.218 e. The molecule has 4 atom stereocenters. The summed E-state index contributed by atoms with van der Waals surface area (Å²) in [4.78, 5) is 23.8. The predicted octanol–water partition coefficient (Wildman–Crippen LogP) is 4.31. The molecule has 2 aromatic rings. The van der Waals surface area contributed by atoms with Crippen LogP contribution in [0.1, 0.15) is 63.1 Å². The summed E-state index contributed by atoms with van der Waals surface area (Å²) in [6.07, 6.45) is 5.15. The lowest BCUT2D eigenvalue weighted by Crippen LogP contribution is -2.41. The molecule has 5 rings (SSSR count). The number of alkyl halides is 1. The number of likely N-dealkylation sites (tertiary alicyclic amines) is 1. The maximum absolute atomic E-state index is 13.8. The fourth-order valence-corrected chi connectivity index (χ4v) is 5.90. The molecule has 32 heavy (non-hydrogen) atoms. The molecule has 2 fully saturated rings. The van der Waals surface area contributed by atoms with E-state index in [1.54, 1.807) is 6.07 Å². The molecule has 3 aliphatic rings. The largest absolute Gasteiger partial charge is 0.473 e. The van der Waals surface area contributed by atoms with E-state index < -0.39 is 11.6 Å². The van der Waals surface area contributed by atoms with Crippen molar-refractivity contribution in [3.63, 3.8) is 0 Å². The SMILES string of the molecule is C[C@H](Oc1cc(Cl)nc(-c2onc3c2CCC[C@@]32CCCCC2=O)n1)[C@@H]1C[C@@H](F)CN1C. The minimum atomic E-state index is -0.851. The van der Waals surface area contributed by atoms with Crippen LogP contribution in [0.5, 0.6) is 5.88 Å². The molecular formula is C23H28ClFN4O3. The number of ketones is 1. The van der Waals surface area contributed by atoms with Crippen LogP contribution in [-0.4, -0.2) is 57.7 Å². The molecule has 0 amide bonds. The van der Waals surface area contributed by atoms with Gasteiger partial charge in [-0.25, -0.2) is 9.37 Å². The molecule has 0 unspecified atom stereocenters. The standard InChI is InChI=1S/C23H28ClFN4O3/c1-13(16-10-14(25)12-29(16)2)31-19-11-18(24)26-22(27-19)20-15-6-5-9-23(21(15)28-32-20)8-4-3-7-17(23)30/h11,13-14,16H,3-10,12H2,1-2H3/t13-,14+,16-,23+/m0/s1. The smallest absolute Gasteiger partial charge is 0.218 e. The second-order valence-corrected chi connectivity index (χ2v) is 9.81. The van der Waals surface area contributed by atoms with Gasteiger partial charge in [0.2, 0.25) is 17.5 Å². The van der Waals surface area contributed by atoms with Gasteiger partial charge in [-0.1, -0.05) is 23.2 Å². The Labute approximate surface area is 191 Å². The average Bonchev–Trinajstić information content (AvgIpc) is 3.33. The van der Waals surface area contributed by atoms with Gasteiger partial charge < -0.3 is 9.26 Å². The summed E-state index contributed by atoms with van der Waals surface area (Å²) < 4.78 is 25.6. The quantitative estimate of drug-likeness (QED) is 0.626. The average molecular weight is 463 g/mol. The van der Waals surface area contributed by atoms with Gasteiger partial charge in [0.25, 0.3) is 0 Å². The van der Waals surface area contributed by atoms with Gasteiger partial charge in [-0.2, -0.15) is 4.98 Å². The molecule has 7 nitrogen and oxygen atoms in total. The van der Waals surface area contributed by atoms with E-state index >= 15 is 0 Å². The minimum absolute atomic E-state index is 0.0441. The Bertz CT molecular complexity index is 1030. The summed E-state index contributed by atoms with van der Waals surface area (Å²) in [7, 11) is 1.89. The molecule has 1 saturated heterocycles. The Balaban J connectivity index is 1.45. The third kappa shape index (κ3) is 3.71. The number of hydrogen-bond acceptors (Lipinski definition) is 7. The number of carbonyl (C=O) groups is 1. The lowest BCUT2D eigenvalue weighted by Gasteiger charge is -2.37. The van der Waals surface area contributed by atoms with Crippen molar-refractivity contribution in [1.29, 1.82) is 0 Å². The molecule has 1 saturated carbocycles. The Hall–Kier alpha value is -2.06. The van der Waals surface area contributed by atoms with Crippen molar-refractivity contribution in [2.45, 2.75) is 82.0 Å². The van der Waals surface area contributed by atoms with Crippen LogP contribution < -0.4 is 4.74 Å². The van der Waals surface area contributed by atoms with E-state index in [9.17, 15) is 9.18 Å². The Kier molecular flexibility index (Phi) is 5.70. The summed E-state index contributed by atoms with van der Waals surface area (Å²) in [5.74, 6) is 1.34. The number of halogens is 2. The normalized spacial score (nSPS) is 29.3. The number of Topliss-reactive ketones (excluding diaryl/α,β-unsaturated/α-hetero) is 1. The highest BCUT2D eigenvalue weighted by Gasteiger charge is 2.48. The van der Waals surface area contributed by atoms with E-state index in [1.807, 2.05) is 18.9 Å². The van der Waals surface area contributed by atoms with Gasteiger partial charge in [-0.15, -0.1) is 0 Å². The van der Waals surface area contributed by atoms with Gasteiger partial charge >= 0.3 is 0 Å².